The zero-order chi connectivity index (χ0) is 22.9. The molecule has 0 N–H and O–H groups in total. The number of aryl methyl sites for hydroxylation is 1. The number of anilines is 2. The van der Waals surface area contributed by atoms with Crippen LogP contribution < -0.4 is 4.90 Å². The van der Waals surface area contributed by atoms with Gasteiger partial charge in [0.05, 0.1) is 41.2 Å². The van der Waals surface area contributed by atoms with Crippen LogP contribution in [0.5, 0.6) is 0 Å². The van der Waals surface area contributed by atoms with E-state index in [1.807, 2.05) is 30.3 Å². The number of carbonyl (C=O) groups excluding carboxylic acids is 1. The van der Waals surface area contributed by atoms with Crippen LogP contribution in [0.1, 0.15) is 27.9 Å². The van der Waals surface area contributed by atoms with E-state index in [0.717, 1.165) is 58.5 Å². The molecule has 0 amide bonds. The fraction of sp³-hybridized carbons (Fsp3) is 0.148. The molecule has 0 bridgehead atoms. The van der Waals surface area contributed by atoms with E-state index in [1.54, 1.807) is 24.3 Å². The molecule has 6 heteroatoms. The third-order valence-corrected chi connectivity index (χ3v) is 5.99. The first kappa shape index (κ1) is 20.7. The smallest absolute Gasteiger partial charge is 0.340 e. The second-order valence-corrected chi connectivity index (χ2v) is 7.93. The first-order chi connectivity index (χ1) is 16.1. The molecule has 0 saturated heterocycles. The van der Waals surface area contributed by atoms with Gasteiger partial charge in [0.25, 0.3) is 0 Å². The van der Waals surface area contributed by atoms with Gasteiger partial charge >= 0.3 is 5.97 Å². The number of nitrogens with zero attached hydrogens (tertiary/aromatic N) is 3. The molecular weight excluding hydrogens is 417 g/mol. The molecule has 33 heavy (non-hydrogen) atoms. The Morgan fingerprint density at radius 1 is 1.09 bits per heavy atom. The lowest BCUT2D eigenvalue weighted by molar-refractivity contribution is 0.0601. The highest BCUT2D eigenvalue weighted by atomic mass is 19.1. The van der Waals surface area contributed by atoms with Gasteiger partial charge in [-0.25, -0.2) is 14.2 Å². The summed E-state index contributed by atoms with van der Waals surface area (Å²) in [5.41, 5.74) is 6.11. The first-order valence-electron chi connectivity index (χ1n) is 10.7. The molecule has 0 fully saturated rings. The van der Waals surface area contributed by atoms with Gasteiger partial charge in [0.2, 0.25) is 0 Å². The Hall–Kier alpha value is -4.24. The van der Waals surface area contributed by atoms with Crippen molar-refractivity contribution >= 4 is 28.2 Å². The van der Waals surface area contributed by atoms with Gasteiger partial charge in [-0.3, -0.25) is 0 Å². The number of esters is 1. The Kier molecular flexibility index (Phi) is 5.23. The number of methoxy groups -OCH3 is 1. The van der Waals surface area contributed by atoms with Crippen molar-refractivity contribution in [3.8, 4) is 17.3 Å². The maximum atomic E-state index is 13.3. The van der Waals surface area contributed by atoms with Crippen molar-refractivity contribution < 1.29 is 13.9 Å². The molecule has 3 aromatic carbocycles. The molecule has 0 atom stereocenters. The van der Waals surface area contributed by atoms with Gasteiger partial charge < -0.3 is 9.64 Å². The second kappa shape index (κ2) is 8.36. The summed E-state index contributed by atoms with van der Waals surface area (Å²) < 4.78 is 18.4. The van der Waals surface area contributed by atoms with Crippen molar-refractivity contribution in [2.75, 3.05) is 18.6 Å². The average molecular weight is 437 g/mol. The number of pyridine rings is 1. The standard InChI is InChI=1S/C27H20FN3O2/c1-33-27(32)22-10-12-24-21(9-11-23(30-24)18-5-7-20(28)8-6-18)26(22)31-14-2-3-19-15-17(16-29)4-13-25(19)31/h4-13,15H,2-3,14H2,1H3. The summed E-state index contributed by atoms with van der Waals surface area (Å²) in [5, 5.41) is 10.1. The number of ether oxygens (including phenoxy) is 1. The lowest BCUT2D eigenvalue weighted by Gasteiger charge is -2.33. The molecular formula is C27H20FN3O2. The van der Waals surface area contributed by atoms with Crippen LogP contribution in [-0.2, 0) is 11.2 Å². The number of rotatable bonds is 3. The lowest BCUT2D eigenvalue weighted by Crippen LogP contribution is -2.26. The Morgan fingerprint density at radius 2 is 1.91 bits per heavy atom. The molecule has 0 aliphatic carbocycles. The van der Waals surface area contributed by atoms with Gasteiger partial charge in [-0.2, -0.15) is 5.26 Å². The highest BCUT2D eigenvalue weighted by Crippen LogP contribution is 2.40. The van der Waals surface area contributed by atoms with Crippen LogP contribution in [0.25, 0.3) is 22.2 Å². The van der Waals surface area contributed by atoms with Gasteiger partial charge in [-0.1, -0.05) is 0 Å². The largest absolute Gasteiger partial charge is 0.465 e. The van der Waals surface area contributed by atoms with Gasteiger partial charge in [-0.15, -0.1) is 0 Å². The van der Waals surface area contributed by atoms with Crippen molar-refractivity contribution in [3.63, 3.8) is 0 Å². The second-order valence-electron chi connectivity index (χ2n) is 7.93. The van der Waals surface area contributed by atoms with Gasteiger partial charge in [-0.05, 0) is 85.1 Å². The maximum absolute atomic E-state index is 13.3. The number of carbonyl (C=O) groups is 1. The van der Waals surface area contributed by atoms with Gasteiger partial charge in [0, 0.05) is 23.2 Å². The van der Waals surface area contributed by atoms with E-state index in [-0.39, 0.29) is 5.82 Å². The summed E-state index contributed by atoms with van der Waals surface area (Å²) in [4.78, 5) is 19.6. The average Bonchev–Trinajstić information content (AvgIpc) is 2.87. The van der Waals surface area contributed by atoms with Crippen molar-refractivity contribution in [2.45, 2.75) is 12.8 Å². The first-order valence-corrected chi connectivity index (χ1v) is 10.7. The van der Waals surface area contributed by atoms with Gasteiger partial charge in [0.1, 0.15) is 5.82 Å². The number of aromatic nitrogens is 1. The Bertz CT molecular complexity index is 1420. The molecule has 1 aromatic heterocycles. The van der Waals surface area contributed by atoms with Crippen molar-refractivity contribution in [1.82, 2.24) is 4.98 Å². The Balaban J connectivity index is 1.71. The fourth-order valence-corrected chi connectivity index (χ4v) is 4.43. The molecule has 0 spiro atoms. The van der Waals surface area contributed by atoms with E-state index < -0.39 is 5.97 Å². The molecule has 162 valence electrons. The normalized spacial score (nSPS) is 12.8. The SMILES string of the molecule is COC(=O)c1ccc2nc(-c3ccc(F)cc3)ccc2c1N1CCCc2cc(C#N)ccc21. The molecule has 0 radical (unpaired) electrons. The van der Waals surface area contributed by atoms with Gasteiger partial charge in [0.15, 0.2) is 0 Å². The van der Waals surface area contributed by atoms with E-state index in [4.69, 9.17) is 9.72 Å². The highest BCUT2D eigenvalue weighted by molar-refractivity contribution is 6.07. The number of benzene rings is 3. The van der Waals surface area contributed by atoms with Crippen LogP contribution in [0.2, 0.25) is 0 Å². The Morgan fingerprint density at radius 3 is 2.67 bits per heavy atom. The summed E-state index contributed by atoms with van der Waals surface area (Å²) in [5.74, 6) is -0.719. The van der Waals surface area contributed by atoms with E-state index in [2.05, 4.69) is 11.0 Å². The minimum Gasteiger partial charge on any atom is -0.465 e. The van der Waals surface area contributed by atoms with E-state index in [0.29, 0.717) is 11.1 Å². The minimum atomic E-state index is -0.421. The highest BCUT2D eigenvalue weighted by Gasteiger charge is 2.26. The van der Waals surface area contributed by atoms with Crippen LogP contribution in [0.3, 0.4) is 0 Å². The van der Waals surface area contributed by atoms with Crippen LogP contribution >= 0.6 is 0 Å². The molecule has 0 unspecified atom stereocenters. The molecule has 1 aliphatic heterocycles. The third kappa shape index (κ3) is 3.68. The topological polar surface area (TPSA) is 66.2 Å². The van der Waals surface area contributed by atoms with E-state index in [1.165, 1.54) is 19.2 Å². The summed E-state index contributed by atoms with van der Waals surface area (Å²) in [7, 11) is 1.37. The van der Waals surface area contributed by atoms with Crippen molar-refractivity contribution in [3.05, 3.63) is 89.2 Å². The Labute approximate surface area is 190 Å². The molecule has 1 aliphatic rings. The minimum absolute atomic E-state index is 0.298. The summed E-state index contributed by atoms with van der Waals surface area (Å²) in [6.45, 7) is 0.724. The molecule has 2 heterocycles. The van der Waals surface area contributed by atoms with Crippen LogP contribution in [-0.4, -0.2) is 24.6 Å². The number of halogens is 1. The summed E-state index contributed by atoms with van der Waals surface area (Å²) in [6.07, 6.45) is 1.76. The fourth-order valence-electron chi connectivity index (χ4n) is 4.43. The van der Waals surface area contributed by atoms with E-state index >= 15 is 0 Å². The van der Waals surface area contributed by atoms with E-state index in [9.17, 15) is 14.4 Å². The van der Waals surface area contributed by atoms with Crippen LogP contribution in [0.4, 0.5) is 15.8 Å². The van der Waals surface area contributed by atoms with Crippen molar-refractivity contribution in [1.29, 1.82) is 5.26 Å². The molecule has 5 nitrogen and oxygen atoms in total. The third-order valence-electron chi connectivity index (χ3n) is 5.99. The van der Waals surface area contributed by atoms with Crippen LogP contribution in [0, 0.1) is 17.1 Å². The molecule has 0 saturated carbocycles. The summed E-state index contributed by atoms with van der Waals surface area (Å²) in [6, 6.07) is 21.4. The van der Waals surface area contributed by atoms with Crippen LogP contribution in [0.15, 0.2) is 66.7 Å². The quantitative estimate of drug-likeness (QED) is 0.380. The maximum Gasteiger partial charge on any atom is 0.340 e. The number of nitriles is 1. The molecule has 4 aromatic rings. The summed E-state index contributed by atoms with van der Waals surface area (Å²) >= 11 is 0. The number of fused-ring (bicyclic) bond motifs is 2. The predicted molar refractivity (Wildman–Crippen MR) is 125 cm³/mol. The predicted octanol–water partition coefficient (Wildman–Crippen LogP) is 5.78. The van der Waals surface area contributed by atoms with Crippen molar-refractivity contribution in [2.24, 2.45) is 0 Å². The number of hydrogen-bond donors (Lipinski definition) is 0. The zero-order valence-corrected chi connectivity index (χ0v) is 18.0. The number of hydrogen-bond acceptors (Lipinski definition) is 5. The monoisotopic (exact) mass is 437 g/mol. The zero-order valence-electron chi connectivity index (χ0n) is 18.0. The molecule has 5 rings (SSSR count). The lowest BCUT2D eigenvalue weighted by atomic mass is 9.96.